The molecule has 1 N–H and O–H groups in total. The van der Waals surface area contributed by atoms with E-state index in [2.05, 4.69) is 60.1 Å². The second-order valence-corrected chi connectivity index (χ2v) is 6.07. The van der Waals surface area contributed by atoms with Gasteiger partial charge in [0.2, 0.25) is 0 Å². The van der Waals surface area contributed by atoms with Crippen molar-refractivity contribution in [2.24, 2.45) is 0 Å². The molecule has 0 radical (unpaired) electrons. The third kappa shape index (κ3) is 4.95. The van der Waals surface area contributed by atoms with Crippen LogP contribution in [0.1, 0.15) is 25.8 Å². The summed E-state index contributed by atoms with van der Waals surface area (Å²) in [7, 11) is 0. The Labute approximate surface area is 128 Å². The molecule has 0 aliphatic carbocycles. The van der Waals surface area contributed by atoms with Gasteiger partial charge < -0.3 is 5.11 Å². The summed E-state index contributed by atoms with van der Waals surface area (Å²) in [5.41, 5.74) is 1.25. The molecular formula is C18H28N2O. The van der Waals surface area contributed by atoms with Gasteiger partial charge in [-0.1, -0.05) is 42.5 Å². The van der Waals surface area contributed by atoms with Crippen molar-refractivity contribution in [1.82, 2.24) is 9.80 Å². The maximum absolute atomic E-state index is 9.27. The van der Waals surface area contributed by atoms with Crippen molar-refractivity contribution in [2.75, 3.05) is 32.8 Å². The lowest BCUT2D eigenvalue weighted by Gasteiger charge is -2.43. The first-order valence-corrected chi connectivity index (χ1v) is 8.01. The van der Waals surface area contributed by atoms with Crippen LogP contribution in [0.25, 0.3) is 6.08 Å². The monoisotopic (exact) mass is 288 g/mol. The van der Waals surface area contributed by atoms with Gasteiger partial charge in [-0.15, -0.1) is 0 Å². The third-order valence-corrected chi connectivity index (χ3v) is 4.21. The molecule has 1 fully saturated rings. The van der Waals surface area contributed by atoms with Crippen molar-refractivity contribution in [1.29, 1.82) is 0 Å². The topological polar surface area (TPSA) is 26.7 Å². The van der Waals surface area contributed by atoms with Crippen LogP contribution in [-0.2, 0) is 0 Å². The lowest BCUT2D eigenvalue weighted by atomic mass is 10.1. The van der Waals surface area contributed by atoms with Crippen LogP contribution in [0.2, 0.25) is 0 Å². The number of aliphatic hydroxyl groups is 1. The maximum Gasteiger partial charge on any atom is 0.0446 e. The number of piperazine rings is 1. The molecular weight excluding hydrogens is 260 g/mol. The zero-order valence-corrected chi connectivity index (χ0v) is 13.3. The molecule has 2 rings (SSSR count). The molecule has 0 aromatic heterocycles. The van der Waals surface area contributed by atoms with Crippen molar-refractivity contribution in [3.8, 4) is 0 Å². The molecule has 116 valence electrons. The van der Waals surface area contributed by atoms with Gasteiger partial charge in [-0.3, -0.25) is 9.80 Å². The van der Waals surface area contributed by atoms with Crippen LogP contribution in [0.15, 0.2) is 36.4 Å². The van der Waals surface area contributed by atoms with Gasteiger partial charge in [-0.05, 0) is 25.8 Å². The summed E-state index contributed by atoms with van der Waals surface area (Å²) >= 11 is 0. The van der Waals surface area contributed by atoms with E-state index in [1.165, 1.54) is 5.56 Å². The summed E-state index contributed by atoms with van der Waals surface area (Å²) in [5, 5.41) is 9.27. The van der Waals surface area contributed by atoms with Gasteiger partial charge >= 0.3 is 0 Å². The van der Waals surface area contributed by atoms with Crippen molar-refractivity contribution >= 4 is 6.08 Å². The molecule has 0 saturated carbocycles. The van der Waals surface area contributed by atoms with E-state index < -0.39 is 0 Å². The molecule has 1 aromatic carbocycles. The standard InChI is InChI=1S/C18H28N2O/c1-16(2)20-13-12-19(15-18(20)10-14-21)11-6-9-17-7-4-3-5-8-17/h3-9,16,18,21H,10-15H2,1-2H3/b9-6+/t18-/m0/s1. The molecule has 0 spiro atoms. The number of hydrogen-bond donors (Lipinski definition) is 1. The van der Waals surface area contributed by atoms with E-state index in [1.54, 1.807) is 0 Å². The second kappa shape index (κ2) is 8.32. The highest BCUT2D eigenvalue weighted by Crippen LogP contribution is 2.16. The fourth-order valence-electron chi connectivity index (χ4n) is 3.09. The molecule has 0 unspecified atom stereocenters. The molecule has 3 nitrogen and oxygen atoms in total. The fourth-order valence-corrected chi connectivity index (χ4v) is 3.09. The lowest BCUT2D eigenvalue weighted by Crippen LogP contribution is -2.55. The Bertz CT molecular complexity index is 430. The third-order valence-electron chi connectivity index (χ3n) is 4.21. The zero-order valence-electron chi connectivity index (χ0n) is 13.3. The molecule has 1 aromatic rings. The molecule has 1 heterocycles. The van der Waals surface area contributed by atoms with Crippen molar-refractivity contribution in [3.05, 3.63) is 42.0 Å². The van der Waals surface area contributed by atoms with E-state index in [0.29, 0.717) is 12.1 Å². The van der Waals surface area contributed by atoms with Gasteiger partial charge in [0.25, 0.3) is 0 Å². The number of hydrogen-bond acceptors (Lipinski definition) is 3. The first-order valence-electron chi connectivity index (χ1n) is 8.01. The fraction of sp³-hybridized carbons (Fsp3) is 0.556. The Morgan fingerprint density at radius 1 is 1.24 bits per heavy atom. The van der Waals surface area contributed by atoms with Crippen molar-refractivity contribution < 1.29 is 5.11 Å². The highest BCUT2D eigenvalue weighted by molar-refractivity contribution is 5.48. The molecule has 0 bridgehead atoms. The quantitative estimate of drug-likeness (QED) is 0.871. The average Bonchev–Trinajstić information content (AvgIpc) is 2.49. The normalized spacial score (nSPS) is 21.4. The smallest absolute Gasteiger partial charge is 0.0446 e. The molecule has 0 amide bonds. The van der Waals surface area contributed by atoms with Gasteiger partial charge in [0.1, 0.15) is 0 Å². The van der Waals surface area contributed by atoms with E-state index in [9.17, 15) is 5.11 Å². The summed E-state index contributed by atoms with van der Waals surface area (Å²) in [6.45, 7) is 9.02. The average molecular weight is 288 g/mol. The van der Waals surface area contributed by atoms with Crippen molar-refractivity contribution in [3.63, 3.8) is 0 Å². The van der Waals surface area contributed by atoms with Gasteiger partial charge in [0.05, 0.1) is 0 Å². The van der Waals surface area contributed by atoms with Gasteiger partial charge in [0.15, 0.2) is 0 Å². The van der Waals surface area contributed by atoms with Gasteiger partial charge in [-0.25, -0.2) is 0 Å². The van der Waals surface area contributed by atoms with Gasteiger partial charge in [-0.2, -0.15) is 0 Å². The molecule has 21 heavy (non-hydrogen) atoms. The minimum absolute atomic E-state index is 0.279. The zero-order chi connectivity index (χ0) is 15.1. The van der Waals surface area contributed by atoms with E-state index in [-0.39, 0.29) is 6.61 Å². The summed E-state index contributed by atoms with van der Waals surface area (Å²) in [5.74, 6) is 0. The minimum Gasteiger partial charge on any atom is -0.396 e. The minimum atomic E-state index is 0.279. The Morgan fingerprint density at radius 3 is 2.67 bits per heavy atom. The molecule has 1 aliphatic rings. The van der Waals surface area contributed by atoms with Crippen LogP contribution in [-0.4, -0.2) is 59.8 Å². The molecule has 1 saturated heterocycles. The first-order chi connectivity index (χ1) is 10.2. The van der Waals surface area contributed by atoms with Crippen LogP contribution in [0.4, 0.5) is 0 Å². The largest absolute Gasteiger partial charge is 0.396 e. The van der Waals surface area contributed by atoms with Crippen LogP contribution in [0.5, 0.6) is 0 Å². The lowest BCUT2D eigenvalue weighted by molar-refractivity contribution is 0.0435. The predicted octanol–water partition coefficient (Wildman–Crippen LogP) is 2.48. The number of aliphatic hydroxyl groups excluding tert-OH is 1. The first kappa shape index (κ1) is 16.2. The number of nitrogens with zero attached hydrogens (tertiary/aromatic N) is 2. The molecule has 3 heteroatoms. The Balaban J connectivity index is 1.86. The SMILES string of the molecule is CC(C)N1CCN(C/C=C/c2ccccc2)C[C@@H]1CCO. The molecule has 1 atom stereocenters. The van der Waals surface area contributed by atoms with Crippen molar-refractivity contribution in [2.45, 2.75) is 32.4 Å². The number of benzene rings is 1. The highest BCUT2D eigenvalue weighted by atomic mass is 16.3. The van der Waals surface area contributed by atoms with Crippen LogP contribution >= 0.6 is 0 Å². The maximum atomic E-state index is 9.27. The Hall–Kier alpha value is -1.16. The van der Waals surface area contributed by atoms with E-state index in [1.807, 2.05) is 6.07 Å². The summed E-state index contributed by atoms with van der Waals surface area (Å²) in [6, 6.07) is 11.5. The predicted molar refractivity (Wildman–Crippen MR) is 89.2 cm³/mol. The van der Waals surface area contributed by atoms with E-state index in [0.717, 1.165) is 32.6 Å². The van der Waals surface area contributed by atoms with Crippen LogP contribution in [0.3, 0.4) is 0 Å². The second-order valence-electron chi connectivity index (χ2n) is 6.07. The van der Waals surface area contributed by atoms with E-state index in [4.69, 9.17) is 0 Å². The summed E-state index contributed by atoms with van der Waals surface area (Å²) in [6.07, 6.45) is 5.31. The summed E-state index contributed by atoms with van der Waals surface area (Å²) in [4.78, 5) is 5.01. The Morgan fingerprint density at radius 2 is 2.00 bits per heavy atom. The highest BCUT2D eigenvalue weighted by Gasteiger charge is 2.27. The molecule has 1 aliphatic heterocycles. The summed E-state index contributed by atoms with van der Waals surface area (Å²) < 4.78 is 0. The Kier molecular flexibility index (Phi) is 6.43. The van der Waals surface area contributed by atoms with Crippen LogP contribution in [0, 0.1) is 0 Å². The van der Waals surface area contributed by atoms with Crippen LogP contribution < -0.4 is 0 Å². The number of rotatable bonds is 6. The van der Waals surface area contributed by atoms with Gasteiger partial charge in [0, 0.05) is 44.9 Å². The van der Waals surface area contributed by atoms with E-state index >= 15 is 0 Å².